The SMILES string of the molecule is C/C=C/[C@H]1C=C2C=C[C@H](C)[C@H](CC[C@@H]3C[C@@H](O)CC(=O)O3)[C@H]2[C@@H](OC(=O)C(C)(C)CC)C1. The van der Waals surface area contributed by atoms with Crippen LogP contribution in [0.4, 0.5) is 0 Å². The molecular formula is C27H40O5. The molecule has 1 heterocycles. The minimum atomic E-state index is -0.610. The number of aliphatic hydroxyl groups excluding tert-OH is 1. The normalized spacial score (nSPS) is 35.2. The van der Waals surface area contributed by atoms with Crippen molar-refractivity contribution < 1.29 is 24.2 Å². The van der Waals surface area contributed by atoms with Crippen LogP contribution in [-0.2, 0) is 19.1 Å². The highest BCUT2D eigenvalue weighted by Crippen LogP contribution is 2.46. The number of hydrogen-bond acceptors (Lipinski definition) is 5. The van der Waals surface area contributed by atoms with Crippen molar-refractivity contribution in [3.05, 3.63) is 36.0 Å². The number of ether oxygens (including phenoxy) is 2. The lowest BCUT2D eigenvalue weighted by molar-refractivity contribution is -0.165. The highest BCUT2D eigenvalue weighted by atomic mass is 16.6. The van der Waals surface area contributed by atoms with Gasteiger partial charge in [-0.25, -0.2) is 0 Å². The topological polar surface area (TPSA) is 72.8 Å². The van der Waals surface area contributed by atoms with E-state index in [-0.39, 0.29) is 48.3 Å². The zero-order valence-corrected chi connectivity index (χ0v) is 20.3. The van der Waals surface area contributed by atoms with Crippen molar-refractivity contribution in [1.82, 2.24) is 0 Å². The summed E-state index contributed by atoms with van der Waals surface area (Å²) in [5, 5.41) is 9.96. The Morgan fingerprint density at radius 1 is 1.31 bits per heavy atom. The molecule has 7 atom stereocenters. The van der Waals surface area contributed by atoms with Gasteiger partial charge in [0.15, 0.2) is 0 Å². The molecule has 0 radical (unpaired) electrons. The van der Waals surface area contributed by atoms with E-state index in [1.54, 1.807) is 0 Å². The Morgan fingerprint density at radius 3 is 2.72 bits per heavy atom. The summed E-state index contributed by atoms with van der Waals surface area (Å²) in [6, 6.07) is 0. The fourth-order valence-electron chi connectivity index (χ4n) is 5.28. The molecule has 5 nitrogen and oxygen atoms in total. The molecule has 0 aromatic rings. The molecule has 0 bridgehead atoms. The zero-order valence-electron chi connectivity index (χ0n) is 20.3. The van der Waals surface area contributed by atoms with Gasteiger partial charge >= 0.3 is 11.9 Å². The van der Waals surface area contributed by atoms with Gasteiger partial charge in [0.2, 0.25) is 0 Å². The standard InChI is InChI=1S/C27H40O5/c1-6-8-18-13-19-10-9-17(3)22(12-11-21-15-20(28)16-24(29)31-21)25(19)23(14-18)32-26(30)27(4,5)7-2/h6,8-10,13,17-18,20-23,25,28H,7,11-12,14-16H2,1-5H3/b8-6+/t17-,18-,20+,21+,22-,23-,25-/m0/s1. The number of carbonyl (C=O) groups is 2. The smallest absolute Gasteiger partial charge is 0.311 e. The third kappa shape index (κ3) is 5.72. The number of fused-ring (bicyclic) bond motifs is 1. The molecular weight excluding hydrogens is 404 g/mol. The summed E-state index contributed by atoms with van der Waals surface area (Å²) < 4.78 is 11.7. The minimum absolute atomic E-state index is 0.0894. The maximum absolute atomic E-state index is 13.0. The van der Waals surface area contributed by atoms with Gasteiger partial charge in [0.05, 0.1) is 17.9 Å². The van der Waals surface area contributed by atoms with Crippen LogP contribution < -0.4 is 0 Å². The Kier molecular flexibility index (Phi) is 8.02. The van der Waals surface area contributed by atoms with Crippen LogP contribution in [-0.4, -0.2) is 35.4 Å². The zero-order chi connectivity index (χ0) is 23.5. The molecule has 0 unspecified atom stereocenters. The molecule has 1 saturated heterocycles. The second-order valence-corrected chi connectivity index (χ2v) is 10.5. The average molecular weight is 445 g/mol. The van der Waals surface area contributed by atoms with Gasteiger partial charge in [-0.1, -0.05) is 44.2 Å². The molecule has 0 amide bonds. The van der Waals surface area contributed by atoms with Gasteiger partial charge in [-0.05, 0) is 69.8 Å². The summed E-state index contributed by atoms with van der Waals surface area (Å²) in [5.74, 6) is 0.569. The molecule has 0 saturated carbocycles. The summed E-state index contributed by atoms with van der Waals surface area (Å²) in [7, 11) is 0. The van der Waals surface area contributed by atoms with Crippen molar-refractivity contribution in [2.45, 2.75) is 91.5 Å². The molecule has 178 valence electrons. The van der Waals surface area contributed by atoms with Crippen molar-refractivity contribution in [3.8, 4) is 0 Å². The number of rotatable bonds is 7. The molecule has 2 aliphatic carbocycles. The summed E-state index contributed by atoms with van der Waals surface area (Å²) in [4.78, 5) is 24.8. The third-order valence-corrected chi connectivity index (χ3v) is 7.62. The maximum atomic E-state index is 13.0. The number of carbonyl (C=O) groups excluding carboxylic acids is 2. The first-order valence-corrected chi connectivity index (χ1v) is 12.3. The van der Waals surface area contributed by atoms with Crippen LogP contribution in [0, 0.1) is 29.1 Å². The van der Waals surface area contributed by atoms with E-state index in [2.05, 4.69) is 37.3 Å². The summed E-state index contributed by atoms with van der Waals surface area (Å²) in [6.45, 7) is 10.1. The van der Waals surface area contributed by atoms with E-state index in [0.29, 0.717) is 12.3 Å². The summed E-state index contributed by atoms with van der Waals surface area (Å²) in [6.07, 6.45) is 13.7. The van der Waals surface area contributed by atoms with Crippen LogP contribution in [0.3, 0.4) is 0 Å². The van der Waals surface area contributed by atoms with Crippen molar-refractivity contribution in [2.24, 2.45) is 29.1 Å². The van der Waals surface area contributed by atoms with Gasteiger partial charge in [0, 0.05) is 12.3 Å². The summed E-state index contributed by atoms with van der Waals surface area (Å²) >= 11 is 0. The lowest BCUT2D eigenvalue weighted by Crippen LogP contribution is -2.43. The highest BCUT2D eigenvalue weighted by molar-refractivity contribution is 5.76. The molecule has 5 heteroatoms. The van der Waals surface area contributed by atoms with Crippen molar-refractivity contribution >= 4 is 11.9 Å². The highest BCUT2D eigenvalue weighted by Gasteiger charge is 2.43. The number of cyclic esters (lactones) is 1. The first-order valence-electron chi connectivity index (χ1n) is 12.3. The predicted octanol–water partition coefficient (Wildman–Crippen LogP) is 5.14. The monoisotopic (exact) mass is 444 g/mol. The van der Waals surface area contributed by atoms with E-state index in [9.17, 15) is 14.7 Å². The van der Waals surface area contributed by atoms with Gasteiger partial charge in [-0.3, -0.25) is 9.59 Å². The van der Waals surface area contributed by atoms with E-state index in [1.165, 1.54) is 5.57 Å². The third-order valence-electron chi connectivity index (χ3n) is 7.62. The fraction of sp³-hybridized carbons (Fsp3) is 0.704. The molecule has 3 rings (SSSR count). The molecule has 0 spiro atoms. The molecule has 0 aromatic carbocycles. The van der Waals surface area contributed by atoms with Gasteiger partial charge in [0.25, 0.3) is 0 Å². The van der Waals surface area contributed by atoms with Crippen molar-refractivity contribution in [1.29, 1.82) is 0 Å². The molecule has 1 fully saturated rings. The first-order chi connectivity index (χ1) is 15.1. The van der Waals surface area contributed by atoms with Gasteiger partial charge in [-0.2, -0.15) is 0 Å². The molecule has 32 heavy (non-hydrogen) atoms. The van der Waals surface area contributed by atoms with E-state index >= 15 is 0 Å². The average Bonchev–Trinajstić information content (AvgIpc) is 2.72. The van der Waals surface area contributed by atoms with E-state index in [1.807, 2.05) is 27.7 Å². The predicted molar refractivity (Wildman–Crippen MR) is 125 cm³/mol. The number of aliphatic hydroxyl groups is 1. The minimum Gasteiger partial charge on any atom is -0.462 e. The number of hydrogen-bond donors (Lipinski definition) is 1. The van der Waals surface area contributed by atoms with Crippen LogP contribution in [0.25, 0.3) is 0 Å². The van der Waals surface area contributed by atoms with Gasteiger partial charge < -0.3 is 14.6 Å². The van der Waals surface area contributed by atoms with E-state index < -0.39 is 11.5 Å². The quantitative estimate of drug-likeness (QED) is 0.435. The molecule has 1 aliphatic heterocycles. The Labute approximate surface area is 192 Å². The van der Waals surface area contributed by atoms with Crippen LogP contribution in [0.5, 0.6) is 0 Å². The number of esters is 2. The Bertz CT molecular complexity index is 777. The second kappa shape index (κ2) is 10.4. The van der Waals surface area contributed by atoms with Crippen LogP contribution in [0.15, 0.2) is 36.0 Å². The second-order valence-electron chi connectivity index (χ2n) is 10.5. The van der Waals surface area contributed by atoms with Crippen molar-refractivity contribution in [2.75, 3.05) is 0 Å². The molecule has 1 N–H and O–H groups in total. The number of allylic oxidation sites excluding steroid dienone is 5. The first kappa shape index (κ1) is 24.8. The largest absolute Gasteiger partial charge is 0.462 e. The van der Waals surface area contributed by atoms with Crippen LogP contribution in [0.1, 0.15) is 73.1 Å². The summed E-state index contributed by atoms with van der Waals surface area (Å²) in [5.41, 5.74) is 0.741. The van der Waals surface area contributed by atoms with Gasteiger partial charge in [0.1, 0.15) is 12.2 Å². The Hall–Kier alpha value is -1.88. The van der Waals surface area contributed by atoms with Gasteiger partial charge in [-0.15, -0.1) is 0 Å². The van der Waals surface area contributed by atoms with Crippen molar-refractivity contribution in [3.63, 3.8) is 0 Å². The van der Waals surface area contributed by atoms with E-state index in [4.69, 9.17) is 9.47 Å². The lowest BCUT2D eigenvalue weighted by Gasteiger charge is -2.44. The maximum Gasteiger partial charge on any atom is 0.311 e. The molecule has 3 aliphatic rings. The molecule has 0 aromatic heterocycles. The Morgan fingerprint density at radius 2 is 2.06 bits per heavy atom. The Balaban J connectivity index is 1.82. The van der Waals surface area contributed by atoms with E-state index in [0.717, 1.165) is 25.7 Å². The lowest BCUT2D eigenvalue weighted by atomic mass is 9.65. The van der Waals surface area contributed by atoms with Crippen LogP contribution >= 0.6 is 0 Å². The fourth-order valence-corrected chi connectivity index (χ4v) is 5.28. The van der Waals surface area contributed by atoms with Crippen LogP contribution in [0.2, 0.25) is 0 Å².